The van der Waals surface area contributed by atoms with Crippen molar-refractivity contribution in [1.82, 2.24) is 14.9 Å². The number of aliphatic hydroxyl groups is 6. The van der Waals surface area contributed by atoms with E-state index in [4.69, 9.17) is 9.47 Å². The van der Waals surface area contributed by atoms with E-state index in [1.165, 1.54) is 0 Å². The largest absolute Gasteiger partial charge is 0.483 e. The van der Waals surface area contributed by atoms with Crippen LogP contribution in [0.25, 0.3) is 0 Å². The minimum absolute atomic E-state index is 0.709. The number of carbonyl (C=O) groups excluding carboxylic acids is 1. The fourth-order valence-electron chi connectivity index (χ4n) is 4.05. The van der Waals surface area contributed by atoms with Crippen molar-refractivity contribution in [3.63, 3.8) is 0 Å². The van der Waals surface area contributed by atoms with E-state index in [1.807, 2.05) is 4.98 Å². The number of aromatic amines is 1. The van der Waals surface area contributed by atoms with Crippen LogP contribution in [0.4, 0.5) is 0 Å². The zero-order chi connectivity index (χ0) is 30.9. The van der Waals surface area contributed by atoms with Crippen molar-refractivity contribution in [1.29, 1.82) is 0 Å². The first-order valence-electron chi connectivity index (χ1n) is 11.6. The van der Waals surface area contributed by atoms with Gasteiger partial charge in [-0.1, -0.05) is 0 Å². The van der Waals surface area contributed by atoms with E-state index in [0.717, 1.165) is 19.2 Å². The first kappa shape index (κ1) is 33.6. The maximum absolute atomic E-state index is 12.4. The normalized spacial score (nSPS) is 35.8. The van der Waals surface area contributed by atoms with Crippen LogP contribution in [0, 0.1) is 0 Å². The molecule has 0 radical (unpaired) electrons. The summed E-state index contributed by atoms with van der Waals surface area (Å²) in [6.45, 7) is -0.976. The van der Waals surface area contributed by atoms with Gasteiger partial charge in [0.2, 0.25) is 5.91 Å². The second kappa shape index (κ2) is 13.2. The summed E-state index contributed by atoms with van der Waals surface area (Å²) >= 11 is 0. The van der Waals surface area contributed by atoms with Gasteiger partial charge in [0.1, 0.15) is 42.7 Å². The van der Waals surface area contributed by atoms with Crippen LogP contribution in [0.15, 0.2) is 21.9 Å². The Hall–Kier alpha value is -1.91. The molecule has 3 unspecified atom stereocenters. The van der Waals surface area contributed by atoms with Crippen molar-refractivity contribution >= 4 is 21.6 Å². The molecule has 3 heterocycles. The van der Waals surface area contributed by atoms with Crippen molar-refractivity contribution in [2.45, 2.75) is 68.2 Å². The summed E-state index contributed by atoms with van der Waals surface area (Å²) in [4.78, 5) is 56.4. The van der Waals surface area contributed by atoms with E-state index < -0.39 is 107 Å². The number of phosphoric ester groups is 2. The monoisotopic (exact) mass is 637 g/mol. The smallest absolute Gasteiger partial charge is 0.394 e. The number of rotatable bonds is 11. The lowest BCUT2D eigenvalue weighted by atomic mass is 9.92. The molecule has 1 aromatic heterocycles. The molecular weight excluding hydrogens is 608 g/mol. The van der Waals surface area contributed by atoms with Gasteiger partial charge >= 0.3 is 21.3 Å². The Labute approximate surface area is 228 Å². The number of amides is 1. The number of hydrogen-bond donors (Lipinski definition) is 10. The van der Waals surface area contributed by atoms with Crippen molar-refractivity contribution in [2.75, 3.05) is 13.2 Å². The number of H-pyrrole nitrogens is 1. The van der Waals surface area contributed by atoms with E-state index >= 15 is 0 Å². The molecule has 1 aromatic rings. The summed E-state index contributed by atoms with van der Waals surface area (Å²) in [5.74, 6) is -0.796. The topological polar surface area (TPSA) is 326 Å². The Balaban J connectivity index is 1.64. The van der Waals surface area contributed by atoms with Gasteiger partial charge in [0.05, 0.1) is 19.3 Å². The third-order valence-corrected chi connectivity index (χ3v) is 8.54. The van der Waals surface area contributed by atoms with E-state index in [0.29, 0.717) is 4.57 Å². The van der Waals surface area contributed by atoms with Crippen LogP contribution in [-0.2, 0) is 36.8 Å². The lowest BCUT2D eigenvalue weighted by molar-refractivity contribution is -0.244. The molecule has 2 fully saturated rings. The molecule has 2 saturated heterocycles. The molecule has 234 valence electrons. The highest BCUT2D eigenvalue weighted by Gasteiger charge is 2.50. The number of nitrogens with one attached hydrogen (secondary N) is 2. The van der Waals surface area contributed by atoms with Gasteiger partial charge in [-0.15, -0.1) is 0 Å². The van der Waals surface area contributed by atoms with Gasteiger partial charge in [-0.2, -0.15) is 4.31 Å². The lowest BCUT2D eigenvalue weighted by Gasteiger charge is -2.43. The summed E-state index contributed by atoms with van der Waals surface area (Å²) < 4.78 is 48.8. The number of carbonyl (C=O) groups is 1. The van der Waals surface area contributed by atoms with Gasteiger partial charge in [-0.3, -0.25) is 28.2 Å². The fourth-order valence-corrected chi connectivity index (χ4v) is 6.17. The first-order chi connectivity index (χ1) is 19.0. The molecule has 3 rings (SSSR count). The maximum atomic E-state index is 12.4. The molecule has 0 aliphatic carbocycles. The van der Waals surface area contributed by atoms with Crippen LogP contribution in [0.3, 0.4) is 0 Å². The number of hydrogen-bond acceptors (Lipinski definition) is 16. The Bertz CT molecular complexity index is 1290. The molecule has 10 N–H and O–H groups in total. The number of aromatic nitrogens is 2. The Kier molecular flexibility index (Phi) is 10.8. The molecule has 0 spiro atoms. The molecule has 0 bridgehead atoms. The molecule has 2 aliphatic heterocycles. The number of ether oxygens (including phenoxy) is 2. The molecule has 12 atom stereocenters. The standard InChI is InChI=1S/C18H29N3O18P2/c1-6(23)19-10-13(27)11(25)7(4-22)36-15(10)17(29)38-41(33,34)39-40(31,32)35-5-8-12(26)14(28)16(37-8)21-3-2-9(24)20-18(21)30/h2-3,7-8,10-17,22,25-29H,4-5H2,1H3,(H,19,23)(H,31,32)(H,33,34)(H,20,24,30)/t7-,8-,10-,11-,12-,13-,14-,15+,16-,17?/m1/s1. The highest BCUT2D eigenvalue weighted by molar-refractivity contribution is 7.61. The minimum atomic E-state index is -5.74. The van der Waals surface area contributed by atoms with Crippen LogP contribution in [0.1, 0.15) is 13.2 Å². The first-order valence-corrected chi connectivity index (χ1v) is 14.6. The molecule has 41 heavy (non-hydrogen) atoms. The summed E-state index contributed by atoms with van der Waals surface area (Å²) in [6, 6.07) is -0.743. The number of phosphoric acid groups is 2. The highest BCUT2D eigenvalue weighted by atomic mass is 31.3. The number of aliphatic hydroxyl groups excluding tert-OH is 6. The molecule has 2 aliphatic rings. The fraction of sp³-hybridized carbons (Fsp3) is 0.722. The molecule has 21 nitrogen and oxygen atoms in total. The second-order valence-corrected chi connectivity index (χ2v) is 11.9. The third-order valence-electron chi connectivity index (χ3n) is 5.93. The van der Waals surface area contributed by atoms with Crippen molar-refractivity contribution in [3.05, 3.63) is 33.1 Å². The van der Waals surface area contributed by atoms with Gasteiger partial charge in [0, 0.05) is 19.2 Å². The van der Waals surface area contributed by atoms with E-state index in [-0.39, 0.29) is 0 Å². The molecule has 0 saturated carbocycles. The molecule has 23 heteroatoms. The SMILES string of the molecule is CC(=O)N[C@@H]1[C@@H](O)[C@H](O)[C@@H](CO)O[C@@H]1C(O)OP(=O)(O)OP(=O)(O)OC[C@H]1O[C@@H](n2ccc(=O)[nH]c2=O)[C@H](O)[C@@H]1O. The van der Waals surface area contributed by atoms with Gasteiger partial charge in [0.25, 0.3) is 5.56 Å². The van der Waals surface area contributed by atoms with Gasteiger partial charge in [-0.25, -0.2) is 13.9 Å². The van der Waals surface area contributed by atoms with Gasteiger partial charge in [0.15, 0.2) is 12.5 Å². The average Bonchev–Trinajstić information content (AvgIpc) is 3.13. The summed E-state index contributed by atoms with van der Waals surface area (Å²) in [5.41, 5.74) is -1.78. The van der Waals surface area contributed by atoms with Crippen molar-refractivity contribution in [3.8, 4) is 0 Å². The van der Waals surface area contributed by atoms with Gasteiger partial charge in [-0.05, 0) is 0 Å². The van der Waals surface area contributed by atoms with E-state index in [9.17, 15) is 63.9 Å². The zero-order valence-corrected chi connectivity index (χ0v) is 22.6. The van der Waals surface area contributed by atoms with E-state index in [1.54, 1.807) is 0 Å². The van der Waals surface area contributed by atoms with Crippen LogP contribution in [0.5, 0.6) is 0 Å². The Morgan fingerprint density at radius 1 is 1.07 bits per heavy atom. The molecule has 1 amide bonds. The highest BCUT2D eigenvalue weighted by Crippen LogP contribution is 2.61. The summed E-state index contributed by atoms with van der Waals surface area (Å²) in [5, 5.41) is 62.4. The molecular formula is C18H29N3O18P2. The quantitative estimate of drug-likeness (QED) is 0.0800. The van der Waals surface area contributed by atoms with Gasteiger partial charge < -0.3 is 55.2 Å². The van der Waals surface area contributed by atoms with Crippen LogP contribution >= 0.6 is 15.6 Å². The second-order valence-electron chi connectivity index (χ2n) is 8.90. The van der Waals surface area contributed by atoms with Crippen molar-refractivity contribution in [2.24, 2.45) is 0 Å². The summed E-state index contributed by atoms with van der Waals surface area (Å²) in [7, 11) is -11.3. The lowest BCUT2D eigenvalue weighted by Crippen LogP contribution is -2.66. The predicted octanol–water partition coefficient (Wildman–Crippen LogP) is -5.29. The number of nitrogens with zero attached hydrogens (tertiary/aromatic N) is 1. The van der Waals surface area contributed by atoms with Crippen LogP contribution in [-0.4, -0.2) is 124 Å². The Morgan fingerprint density at radius 2 is 1.71 bits per heavy atom. The van der Waals surface area contributed by atoms with Crippen LogP contribution in [0.2, 0.25) is 0 Å². The van der Waals surface area contributed by atoms with E-state index in [2.05, 4.69) is 18.7 Å². The minimum Gasteiger partial charge on any atom is -0.394 e. The Morgan fingerprint density at radius 3 is 2.29 bits per heavy atom. The average molecular weight is 637 g/mol. The molecule has 0 aromatic carbocycles. The predicted molar refractivity (Wildman–Crippen MR) is 126 cm³/mol. The third kappa shape index (κ3) is 8.14. The zero-order valence-electron chi connectivity index (χ0n) is 20.8. The summed E-state index contributed by atoms with van der Waals surface area (Å²) in [6.07, 6.45) is -15.5. The maximum Gasteiger partial charge on any atom is 0.483 e. The van der Waals surface area contributed by atoms with Crippen LogP contribution < -0.4 is 16.6 Å². The van der Waals surface area contributed by atoms with Crippen molar-refractivity contribution < 1.29 is 77.2 Å².